The van der Waals surface area contributed by atoms with Crippen LogP contribution < -0.4 is 19.5 Å². The number of amides is 2. The van der Waals surface area contributed by atoms with E-state index in [9.17, 15) is 27.9 Å². The Kier molecular flexibility index (Phi) is 17.6. The van der Waals surface area contributed by atoms with Crippen LogP contribution in [0.25, 0.3) is 0 Å². The molecule has 2 aromatic heterocycles. The molecule has 1 unspecified atom stereocenters. The fourth-order valence-corrected chi connectivity index (χ4v) is 10.4. The number of carbonyl (C=O) groups is 3. The van der Waals surface area contributed by atoms with Gasteiger partial charge < -0.3 is 53.2 Å². The van der Waals surface area contributed by atoms with Gasteiger partial charge in [-0.05, 0) is 67.6 Å². The van der Waals surface area contributed by atoms with Gasteiger partial charge in [0.1, 0.15) is 25.1 Å². The molecule has 19 nitrogen and oxygen atoms in total. The summed E-state index contributed by atoms with van der Waals surface area (Å²) in [5.41, 5.74) is 2.28. The van der Waals surface area contributed by atoms with E-state index in [0.717, 1.165) is 16.4 Å². The molecule has 3 aliphatic rings. The van der Waals surface area contributed by atoms with Crippen molar-refractivity contribution in [2.75, 3.05) is 66.5 Å². The molecule has 0 spiro atoms. The van der Waals surface area contributed by atoms with E-state index in [0.29, 0.717) is 43.1 Å². The number of aryl methyl sites for hydroxylation is 1. The van der Waals surface area contributed by atoms with E-state index in [1.807, 2.05) is 44.4 Å². The van der Waals surface area contributed by atoms with Crippen LogP contribution in [0.5, 0.6) is 17.2 Å². The van der Waals surface area contributed by atoms with Gasteiger partial charge in [-0.3, -0.25) is 9.78 Å². The molecule has 0 saturated carbocycles. The van der Waals surface area contributed by atoms with E-state index in [1.165, 1.54) is 38.7 Å². The number of likely N-dealkylation sites (N-methyl/N-ethyl adjacent to an activating group) is 1. The topological polar surface area (TPSA) is 224 Å². The van der Waals surface area contributed by atoms with Gasteiger partial charge in [-0.1, -0.05) is 32.0 Å². The Morgan fingerprint density at radius 1 is 1.00 bits per heavy atom. The lowest BCUT2D eigenvalue weighted by molar-refractivity contribution is -0.157. The average molecular weight is 982 g/mol. The Balaban J connectivity index is 1.14. The second-order valence-electron chi connectivity index (χ2n) is 17.2. The number of sulfonamides is 1. The SMILES string of the molecule is Cc1nc(COc2ccc(CC(NC(=O)O[C@H]3CO[C@H]4OCC[C@H]43)[C@@H](CN(CC(C)C)S(=O)(=O)c3ccc4c(c3)OCO4)[C@H](OCCOCC(=O)N(C)CCc3ccccn3)C(=O)O)cc2)cs1. The summed E-state index contributed by atoms with van der Waals surface area (Å²) in [6.07, 6.45) is -0.836. The molecule has 368 valence electrons. The maximum atomic E-state index is 14.7. The normalized spacial score (nSPS) is 18.8. The third-order valence-electron chi connectivity index (χ3n) is 11.7. The van der Waals surface area contributed by atoms with Crippen LogP contribution in [0.4, 0.5) is 4.79 Å². The van der Waals surface area contributed by atoms with Crippen molar-refractivity contribution >= 4 is 39.3 Å². The van der Waals surface area contributed by atoms with Gasteiger partial charge >= 0.3 is 12.1 Å². The van der Waals surface area contributed by atoms with Crippen LogP contribution in [0, 0.1) is 24.7 Å². The van der Waals surface area contributed by atoms with Crippen LogP contribution >= 0.6 is 11.3 Å². The number of nitrogens with one attached hydrogen (secondary N) is 1. The zero-order valence-corrected chi connectivity index (χ0v) is 40.2. The molecule has 2 aromatic carbocycles. The minimum absolute atomic E-state index is 0.0181. The van der Waals surface area contributed by atoms with Crippen molar-refractivity contribution in [2.45, 2.75) is 76.1 Å². The molecule has 21 heteroatoms. The minimum atomic E-state index is -4.35. The lowest BCUT2D eigenvalue weighted by Gasteiger charge is -2.36. The number of fused-ring (bicyclic) bond motifs is 2. The van der Waals surface area contributed by atoms with Gasteiger partial charge in [0.15, 0.2) is 23.9 Å². The van der Waals surface area contributed by atoms with Crippen LogP contribution in [0.3, 0.4) is 0 Å². The number of hydrogen-bond acceptors (Lipinski definition) is 16. The second-order valence-corrected chi connectivity index (χ2v) is 20.2. The van der Waals surface area contributed by atoms with Gasteiger partial charge in [0.2, 0.25) is 22.7 Å². The van der Waals surface area contributed by atoms with E-state index < -0.39 is 59.1 Å². The first-order chi connectivity index (χ1) is 32.7. The molecule has 2 fully saturated rings. The first-order valence-corrected chi connectivity index (χ1v) is 24.8. The van der Waals surface area contributed by atoms with Crippen molar-refractivity contribution in [2.24, 2.45) is 17.8 Å². The lowest BCUT2D eigenvalue weighted by atomic mass is 9.88. The van der Waals surface area contributed by atoms with Crippen molar-refractivity contribution in [1.82, 2.24) is 24.5 Å². The van der Waals surface area contributed by atoms with E-state index in [1.54, 1.807) is 37.5 Å². The zero-order valence-electron chi connectivity index (χ0n) is 38.5. The van der Waals surface area contributed by atoms with Crippen molar-refractivity contribution < 1.29 is 65.8 Å². The molecular formula is C47H59N5O14S2. The zero-order chi connectivity index (χ0) is 48.2. The van der Waals surface area contributed by atoms with Gasteiger partial charge in [-0.2, -0.15) is 4.31 Å². The number of thiazole rings is 1. The summed E-state index contributed by atoms with van der Waals surface area (Å²) in [4.78, 5) is 50.6. The molecule has 0 aliphatic carbocycles. The van der Waals surface area contributed by atoms with E-state index >= 15 is 0 Å². The van der Waals surface area contributed by atoms with Crippen molar-refractivity contribution in [3.8, 4) is 17.2 Å². The van der Waals surface area contributed by atoms with E-state index in [-0.39, 0.29) is 81.2 Å². The molecule has 0 radical (unpaired) electrons. The van der Waals surface area contributed by atoms with Gasteiger partial charge in [0.05, 0.1) is 47.9 Å². The first-order valence-electron chi connectivity index (χ1n) is 22.5. The maximum absolute atomic E-state index is 14.7. The summed E-state index contributed by atoms with van der Waals surface area (Å²) in [5.74, 6) is -2.19. The molecule has 2 amide bonds. The number of pyridine rings is 1. The van der Waals surface area contributed by atoms with E-state index in [4.69, 9.17) is 37.9 Å². The molecule has 3 aliphatic heterocycles. The molecule has 5 heterocycles. The highest BCUT2D eigenvalue weighted by atomic mass is 32.2. The number of benzene rings is 2. The van der Waals surface area contributed by atoms with Crippen LogP contribution in [-0.2, 0) is 62.7 Å². The van der Waals surface area contributed by atoms with Crippen molar-refractivity contribution in [3.63, 3.8) is 0 Å². The third-order valence-corrected chi connectivity index (χ3v) is 14.3. The fourth-order valence-electron chi connectivity index (χ4n) is 8.16. The molecule has 2 saturated heterocycles. The number of hydrogen-bond donors (Lipinski definition) is 2. The number of carboxylic acid groups (broad SMARTS) is 1. The number of aliphatic carboxylic acids is 1. The number of carboxylic acids is 1. The minimum Gasteiger partial charge on any atom is -0.487 e. The molecule has 0 bridgehead atoms. The number of aromatic nitrogens is 2. The van der Waals surface area contributed by atoms with Crippen LogP contribution in [0.1, 0.15) is 42.2 Å². The number of carbonyl (C=O) groups excluding carboxylic acids is 2. The third kappa shape index (κ3) is 13.6. The quantitative estimate of drug-likeness (QED) is 0.0859. The first kappa shape index (κ1) is 50.5. The Labute approximate surface area is 400 Å². The van der Waals surface area contributed by atoms with Gasteiger partial charge in [0.25, 0.3) is 0 Å². The smallest absolute Gasteiger partial charge is 0.407 e. The summed E-state index contributed by atoms with van der Waals surface area (Å²) in [6, 6.07) is 15.8. The largest absolute Gasteiger partial charge is 0.487 e. The monoisotopic (exact) mass is 981 g/mol. The number of ether oxygens (including phenoxy) is 8. The summed E-state index contributed by atoms with van der Waals surface area (Å²) in [7, 11) is -2.70. The summed E-state index contributed by atoms with van der Waals surface area (Å²) >= 11 is 1.52. The summed E-state index contributed by atoms with van der Waals surface area (Å²) in [6.45, 7) is 5.54. The second kappa shape index (κ2) is 23.7. The van der Waals surface area contributed by atoms with Crippen molar-refractivity contribution in [1.29, 1.82) is 0 Å². The summed E-state index contributed by atoms with van der Waals surface area (Å²) < 4.78 is 76.6. The number of alkyl carbamates (subject to hydrolysis) is 1. The molecular weight excluding hydrogens is 923 g/mol. The Morgan fingerprint density at radius 3 is 2.54 bits per heavy atom. The predicted molar refractivity (Wildman–Crippen MR) is 246 cm³/mol. The van der Waals surface area contributed by atoms with Crippen molar-refractivity contribution in [3.05, 3.63) is 94.2 Å². The predicted octanol–water partition coefficient (Wildman–Crippen LogP) is 4.70. The molecule has 68 heavy (non-hydrogen) atoms. The van der Waals surface area contributed by atoms with Crippen LogP contribution in [0.2, 0.25) is 0 Å². The highest BCUT2D eigenvalue weighted by Gasteiger charge is 2.45. The van der Waals surface area contributed by atoms with Gasteiger partial charge in [-0.25, -0.2) is 23.0 Å². The number of rotatable bonds is 25. The average Bonchev–Trinajstić information content (AvgIpc) is 4.15. The molecule has 6 atom stereocenters. The molecule has 4 aromatic rings. The van der Waals surface area contributed by atoms with E-state index in [2.05, 4.69) is 15.3 Å². The van der Waals surface area contributed by atoms with Gasteiger partial charge in [0, 0.05) is 68.4 Å². The summed E-state index contributed by atoms with van der Waals surface area (Å²) in [5, 5.41) is 16.7. The highest BCUT2D eigenvalue weighted by Crippen LogP contribution is 2.36. The fraction of sp³-hybridized carbons (Fsp3) is 0.511. The van der Waals surface area contributed by atoms with Gasteiger partial charge in [-0.15, -0.1) is 11.3 Å². The Morgan fingerprint density at radius 2 is 1.81 bits per heavy atom. The maximum Gasteiger partial charge on any atom is 0.407 e. The Bertz CT molecular complexity index is 2410. The molecule has 7 rings (SSSR count). The highest BCUT2D eigenvalue weighted by molar-refractivity contribution is 7.89. The Hall–Kier alpha value is -5.42. The lowest BCUT2D eigenvalue weighted by Crippen LogP contribution is -2.55. The molecule has 2 N–H and O–H groups in total. The number of nitrogens with zero attached hydrogens (tertiary/aromatic N) is 4. The van der Waals surface area contributed by atoms with Crippen LogP contribution in [-0.4, -0.2) is 142 Å². The van der Waals surface area contributed by atoms with Crippen LogP contribution in [0.15, 0.2) is 77.1 Å². The standard InChI is InChI=1S/C47H59N5O14S2/c1-30(2)23-52(68(57,58)36-12-13-40-41(22-36)65-29-64-40)24-38(44(45(54)55)60-20-19-59-27-43(53)51(4)17-14-33-7-5-6-16-48-33)39(50-47(56)66-42-26-63-46-37(42)15-18-61-46)21-32-8-10-35(11-9-32)62-25-34-28-67-31(3)49-34/h5-13,16,22,28,30,37-39,42,44,46H,14-15,17-21,23-27,29H2,1-4H3,(H,50,56)(H,54,55)/t37-,38+,39?,42-,44-,46+/m0/s1.